The number of nitrogens with zero attached hydrogens (tertiary/aromatic N) is 1. The third-order valence-electron chi connectivity index (χ3n) is 3.24. The van der Waals surface area contributed by atoms with E-state index < -0.39 is 6.36 Å². The van der Waals surface area contributed by atoms with Gasteiger partial charge >= 0.3 is 12.4 Å². The summed E-state index contributed by atoms with van der Waals surface area (Å²) in [4.78, 5) is 13.6. The highest BCUT2D eigenvalue weighted by Crippen LogP contribution is 2.24. The second-order valence-corrected chi connectivity index (χ2v) is 4.76. The monoisotopic (exact) mass is 303 g/mol. The number of hydrogen-bond acceptors (Lipinski definition) is 3. The minimum Gasteiger partial charge on any atom is -0.406 e. The van der Waals surface area contributed by atoms with E-state index in [2.05, 4.69) is 15.4 Å². The zero-order valence-corrected chi connectivity index (χ0v) is 11.4. The first-order valence-corrected chi connectivity index (χ1v) is 6.45. The molecule has 1 saturated heterocycles. The molecule has 0 bridgehead atoms. The average molecular weight is 303 g/mol. The molecular weight excluding hydrogens is 287 g/mol. The van der Waals surface area contributed by atoms with Gasteiger partial charge in [-0.2, -0.15) is 0 Å². The van der Waals surface area contributed by atoms with Crippen molar-refractivity contribution in [2.24, 2.45) is 0 Å². The lowest BCUT2D eigenvalue weighted by Gasteiger charge is -2.24. The van der Waals surface area contributed by atoms with Crippen molar-refractivity contribution in [1.82, 2.24) is 10.2 Å². The predicted molar refractivity (Wildman–Crippen MR) is 71.2 cm³/mol. The maximum Gasteiger partial charge on any atom is 0.573 e. The van der Waals surface area contributed by atoms with Gasteiger partial charge in [-0.05, 0) is 37.2 Å². The van der Waals surface area contributed by atoms with E-state index in [1.165, 1.54) is 12.1 Å². The van der Waals surface area contributed by atoms with Crippen LogP contribution in [0.15, 0.2) is 24.3 Å². The molecule has 1 aromatic rings. The lowest BCUT2D eigenvalue weighted by molar-refractivity contribution is -0.274. The predicted octanol–water partition coefficient (Wildman–Crippen LogP) is 2.41. The van der Waals surface area contributed by atoms with E-state index in [9.17, 15) is 18.0 Å². The van der Waals surface area contributed by atoms with Crippen molar-refractivity contribution in [2.75, 3.05) is 25.5 Å². The molecule has 0 radical (unpaired) electrons. The lowest BCUT2D eigenvalue weighted by Crippen LogP contribution is -2.40. The largest absolute Gasteiger partial charge is 0.573 e. The molecule has 21 heavy (non-hydrogen) atoms. The van der Waals surface area contributed by atoms with Crippen LogP contribution >= 0.6 is 0 Å². The van der Waals surface area contributed by atoms with Crippen LogP contribution in [0.5, 0.6) is 5.75 Å². The van der Waals surface area contributed by atoms with Gasteiger partial charge in [-0.1, -0.05) is 0 Å². The fourth-order valence-electron chi connectivity index (χ4n) is 2.09. The summed E-state index contributed by atoms with van der Waals surface area (Å²) in [6.07, 6.45) is -3.84. The number of anilines is 1. The Morgan fingerprint density at radius 2 is 2.05 bits per heavy atom. The van der Waals surface area contributed by atoms with E-state index in [1.807, 2.05) is 0 Å². The van der Waals surface area contributed by atoms with Crippen LogP contribution in [0.2, 0.25) is 0 Å². The molecule has 1 fully saturated rings. The number of urea groups is 1. The van der Waals surface area contributed by atoms with Crippen LogP contribution in [0.3, 0.4) is 0 Å². The minimum absolute atomic E-state index is 0.123. The highest BCUT2D eigenvalue weighted by Gasteiger charge is 2.31. The van der Waals surface area contributed by atoms with Gasteiger partial charge in [0.25, 0.3) is 0 Å². The van der Waals surface area contributed by atoms with Gasteiger partial charge in [0.05, 0.1) is 0 Å². The number of carbonyl (C=O) groups is 1. The van der Waals surface area contributed by atoms with Gasteiger partial charge in [0.2, 0.25) is 0 Å². The Bertz CT molecular complexity index is 484. The molecule has 1 aromatic carbocycles. The zero-order chi connectivity index (χ0) is 15.5. The van der Waals surface area contributed by atoms with Crippen LogP contribution in [0.1, 0.15) is 6.42 Å². The van der Waals surface area contributed by atoms with Crippen LogP contribution in [0, 0.1) is 0 Å². The number of ether oxygens (including phenoxy) is 1. The standard InChI is InChI=1S/C13H16F3N3O2/c1-19(10-6-7-17-8-10)12(20)18-9-2-4-11(5-3-9)21-13(14,15)16/h2-5,10,17H,6-8H2,1H3,(H,18,20). The normalized spacial score (nSPS) is 18.4. The summed E-state index contributed by atoms with van der Waals surface area (Å²) >= 11 is 0. The quantitative estimate of drug-likeness (QED) is 0.901. The fourth-order valence-corrected chi connectivity index (χ4v) is 2.09. The van der Waals surface area contributed by atoms with Crippen molar-refractivity contribution >= 4 is 11.7 Å². The lowest BCUT2D eigenvalue weighted by atomic mass is 10.2. The molecule has 2 rings (SSSR count). The van der Waals surface area contributed by atoms with Crippen molar-refractivity contribution in [3.63, 3.8) is 0 Å². The molecule has 0 aliphatic carbocycles. The first-order valence-electron chi connectivity index (χ1n) is 6.45. The maximum absolute atomic E-state index is 12.0. The van der Waals surface area contributed by atoms with E-state index in [1.54, 1.807) is 11.9 Å². The first-order chi connectivity index (χ1) is 9.85. The summed E-state index contributed by atoms with van der Waals surface area (Å²) in [5, 5.41) is 5.79. The number of benzene rings is 1. The molecule has 0 spiro atoms. The molecule has 5 nitrogen and oxygen atoms in total. The minimum atomic E-state index is -4.72. The Morgan fingerprint density at radius 1 is 1.38 bits per heavy atom. The second-order valence-electron chi connectivity index (χ2n) is 4.76. The molecule has 8 heteroatoms. The number of hydrogen-bond donors (Lipinski definition) is 2. The first kappa shape index (κ1) is 15.4. The summed E-state index contributed by atoms with van der Waals surface area (Å²) in [5.74, 6) is -0.325. The molecule has 2 N–H and O–H groups in total. The molecule has 1 aliphatic heterocycles. The Morgan fingerprint density at radius 3 is 2.57 bits per heavy atom. The Kier molecular flexibility index (Phi) is 4.56. The summed E-state index contributed by atoms with van der Waals surface area (Å²) in [6, 6.07) is 4.85. The molecule has 1 heterocycles. The van der Waals surface area contributed by atoms with E-state index in [4.69, 9.17) is 0 Å². The van der Waals surface area contributed by atoms with Gasteiger partial charge in [0.1, 0.15) is 5.75 Å². The molecular formula is C13H16F3N3O2. The van der Waals surface area contributed by atoms with E-state index >= 15 is 0 Å². The summed E-state index contributed by atoms with van der Waals surface area (Å²) < 4.78 is 39.8. The van der Waals surface area contributed by atoms with Crippen LogP contribution < -0.4 is 15.4 Å². The summed E-state index contributed by atoms with van der Waals surface area (Å²) in [6.45, 7) is 1.61. The fraction of sp³-hybridized carbons (Fsp3) is 0.462. The summed E-state index contributed by atoms with van der Waals surface area (Å²) in [5.41, 5.74) is 0.410. The number of nitrogens with one attached hydrogen (secondary N) is 2. The van der Waals surface area contributed by atoms with Gasteiger partial charge < -0.3 is 20.3 Å². The molecule has 0 aromatic heterocycles. The third kappa shape index (κ3) is 4.52. The van der Waals surface area contributed by atoms with Crippen LogP contribution in [-0.2, 0) is 0 Å². The maximum atomic E-state index is 12.0. The van der Waals surface area contributed by atoms with Crippen molar-refractivity contribution < 1.29 is 22.7 Å². The van der Waals surface area contributed by atoms with Crippen LogP contribution in [-0.4, -0.2) is 43.5 Å². The number of rotatable bonds is 3. The molecule has 1 unspecified atom stereocenters. The Hall–Kier alpha value is -1.96. The highest BCUT2D eigenvalue weighted by molar-refractivity contribution is 5.89. The number of alkyl halides is 3. The van der Waals surface area contributed by atoms with Gasteiger partial charge in [0.15, 0.2) is 0 Å². The molecule has 116 valence electrons. The van der Waals surface area contributed by atoms with E-state index in [0.29, 0.717) is 5.69 Å². The molecule has 0 saturated carbocycles. The molecule has 1 atom stereocenters. The number of likely N-dealkylation sites (N-methyl/N-ethyl adjacent to an activating group) is 1. The van der Waals surface area contributed by atoms with Crippen LogP contribution in [0.4, 0.5) is 23.7 Å². The smallest absolute Gasteiger partial charge is 0.406 e. The van der Waals surface area contributed by atoms with E-state index in [0.717, 1.165) is 31.6 Å². The second kappa shape index (κ2) is 6.21. The topological polar surface area (TPSA) is 53.6 Å². The van der Waals surface area contributed by atoms with Crippen molar-refractivity contribution in [1.29, 1.82) is 0 Å². The molecule has 2 amide bonds. The SMILES string of the molecule is CN(C(=O)Nc1ccc(OC(F)(F)F)cc1)C1CCNC1. The highest BCUT2D eigenvalue weighted by atomic mass is 19.4. The average Bonchev–Trinajstić information content (AvgIpc) is 2.92. The molecule has 1 aliphatic rings. The zero-order valence-electron chi connectivity index (χ0n) is 11.4. The van der Waals surface area contributed by atoms with Crippen molar-refractivity contribution in [2.45, 2.75) is 18.8 Å². The Balaban J connectivity index is 1.92. The van der Waals surface area contributed by atoms with Crippen molar-refractivity contribution in [3.05, 3.63) is 24.3 Å². The number of amides is 2. The number of carbonyl (C=O) groups excluding carboxylic acids is 1. The van der Waals surface area contributed by atoms with Crippen LogP contribution in [0.25, 0.3) is 0 Å². The van der Waals surface area contributed by atoms with E-state index in [-0.39, 0.29) is 17.8 Å². The number of halogens is 3. The van der Waals surface area contributed by atoms with Gasteiger partial charge in [0, 0.05) is 25.3 Å². The van der Waals surface area contributed by atoms with Crippen molar-refractivity contribution in [3.8, 4) is 5.75 Å². The van der Waals surface area contributed by atoms with Gasteiger partial charge in [-0.3, -0.25) is 0 Å². The summed E-state index contributed by atoms with van der Waals surface area (Å²) in [7, 11) is 1.69. The van der Waals surface area contributed by atoms with Gasteiger partial charge in [-0.25, -0.2) is 4.79 Å². The third-order valence-corrected chi connectivity index (χ3v) is 3.24. The Labute approximate surface area is 120 Å². The van der Waals surface area contributed by atoms with Gasteiger partial charge in [-0.15, -0.1) is 13.2 Å².